The van der Waals surface area contributed by atoms with Gasteiger partial charge in [0.1, 0.15) is 23.8 Å². The van der Waals surface area contributed by atoms with Gasteiger partial charge in [-0.2, -0.15) is 0 Å². The lowest BCUT2D eigenvalue weighted by Gasteiger charge is -2.22. The van der Waals surface area contributed by atoms with Gasteiger partial charge in [0.15, 0.2) is 0 Å². The molecule has 27 heavy (non-hydrogen) atoms. The van der Waals surface area contributed by atoms with Crippen LogP contribution in [0.5, 0.6) is 17.2 Å². The predicted molar refractivity (Wildman–Crippen MR) is 99.7 cm³/mol. The number of nitrogens with zero attached hydrogens (tertiary/aromatic N) is 1. The third kappa shape index (κ3) is 5.13. The van der Waals surface area contributed by atoms with Crippen molar-refractivity contribution in [1.29, 1.82) is 0 Å². The summed E-state index contributed by atoms with van der Waals surface area (Å²) in [6.07, 6.45) is 0. The molecule has 0 aliphatic heterocycles. The molecule has 2 rings (SSSR count). The second-order valence-electron chi connectivity index (χ2n) is 5.96. The summed E-state index contributed by atoms with van der Waals surface area (Å²) in [7, 11) is 4.57. The number of carbonyl (C=O) groups is 2. The highest BCUT2D eigenvalue weighted by Crippen LogP contribution is 2.25. The van der Waals surface area contributed by atoms with E-state index in [1.165, 1.54) is 26.2 Å². The Labute approximate surface area is 158 Å². The van der Waals surface area contributed by atoms with Crippen molar-refractivity contribution in [2.45, 2.75) is 13.5 Å². The number of benzene rings is 2. The van der Waals surface area contributed by atoms with Crippen LogP contribution in [0.4, 0.5) is 0 Å². The lowest BCUT2D eigenvalue weighted by molar-refractivity contribution is -0.137. The van der Waals surface area contributed by atoms with Crippen LogP contribution in [0.1, 0.15) is 21.5 Å². The fraction of sp³-hybridized carbons (Fsp3) is 0.300. The molecule has 0 aliphatic carbocycles. The molecular formula is C20H23NO6. The van der Waals surface area contributed by atoms with Crippen molar-refractivity contribution in [3.63, 3.8) is 0 Å². The SMILES string of the molecule is COc1cc(CN(CC(=O)O)C(=O)c2ccc(C)c(OC)c2)cc(OC)c1. The summed E-state index contributed by atoms with van der Waals surface area (Å²) in [6.45, 7) is 1.52. The van der Waals surface area contributed by atoms with Crippen LogP contribution in [0.3, 0.4) is 0 Å². The average molecular weight is 373 g/mol. The normalized spacial score (nSPS) is 10.2. The molecule has 0 radical (unpaired) electrons. The quantitative estimate of drug-likeness (QED) is 0.766. The number of ether oxygens (including phenoxy) is 3. The summed E-state index contributed by atoms with van der Waals surface area (Å²) in [4.78, 5) is 25.5. The Balaban J connectivity index is 2.35. The van der Waals surface area contributed by atoms with E-state index in [9.17, 15) is 14.7 Å². The van der Waals surface area contributed by atoms with Crippen molar-refractivity contribution in [3.8, 4) is 17.2 Å². The third-order valence-corrected chi connectivity index (χ3v) is 4.05. The highest BCUT2D eigenvalue weighted by Gasteiger charge is 2.20. The number of aliphatic carboxylic acids is 1. The lowest BCUT2D eigenvalue weighted by Crippen LogP contribution is -2.35. The smallest absolute Gasteiger partial charge is 0.323 e. The largest absolute Gasteiger partial charge is 0.497 e. The molecule has 0 atom stereocenters. The van der Waals surface area contributed by atoms with E-state index in [0.29, 0.717) is 28.4 Å². The van der Waals surface area contributed by atoms with Gasteiger partial charge in [0.05, 0.1) is 21.3 Å². The molecule has 2 aromatic rings. The molecule has 2 aromatic carbocycles. The first-order valence-corrected chi connectivity index (χ1v) is 8.25. The molecule has 0 fully saturated rings. The van der Waals surface area contributed by atoms with Gasteiger partial charge in [-0.05, 0) is 42.3 Å². The molecule has 0 saturated carbocycles. The summed E-state index contributed by atoms with van der Waals surface area (Å²) < 4.78 is 15.7. The van der Waals surface area contributed by atoms with Crippen LogP contribution >= 0.6 is 0 Å². The highest BCUT2D eigenvalue weighted by atomic mass is 16.5. The van der Waals surface area contributed by atoms with E-state index in [-0.39, 0.29) is 6.54 Å². The van der Waals surface area contributed by atoms with Crippen molar-refractivity contribution in [1.82, 2.24) is 4.90 Å². The minimum Gasteiger partial charge on any atom is -0.497 e. The van der Waals surface area contributed by atoms with Gasteiger partial charge in [-0.25, -0.2) is 0 Å². The van der Waals surface area contributed by atoms with Gasteiger partial charge in [-0.1, -0.05) is 6.07 Å². The number of carboxylic acids is 1. The van der Waals surface area contributed by atoms with Crippen LogP contribution in [-0.4, -0.2) is 49.8 Å². The second kappa shape index (κ2) is 8.93. The van der Waals surface area contributed by atoms with E-state index >= 15 is 0 Å². The number of hydrogen-bond donors (Lipinski definition) is 1. The standard InChI is InChI=1S/C20H23NO6/c1-13-5-6-15(9-18(13)27-4)20(24)21(12-19(22)23)11-14-7-16(25-2)10-17(8-14)26-3/h5-10H,11-12H2,1-4H3,(H,22,23). The van der Waals surface area contributed by atoms with Crippen LogP contribution in [-0.2, 0) is 11.3 Å². The Bertz CT molecular complexity index is 811. The zero-order chi connectivity index (χ0) is 20.0. The van der Waals surface area contributed by atoms with Crippen LogP contribution < -0.4 is 14.2 Å². The van der Waals surface area contributed by atoms with Gasteiger partial charge in [0.25, 0.3) is 5.91 Å². The van der Waals surface area contributed by atoms with E-state index in [0.717, 1.165) is 5.56 Å². The van der Waals surface area contributed by atoms with Crippen molar-refractivity contribution in [2.24, 2.45) is 0 Å². The number of methoxy groups -OCH3 is 3. The van der Waals surface area contributed by atoms with Crippen LogP contribution in [0, 0.1) is 6.92 Å². The molecule has 1 amide bonds. The number of amides is 1. The van der Waals surface area contributed by atoms with Crippen LogP contribution in [0.2, 0.25) is 0 Å². The average Bonchev–Trinajstić information content (AvgIpc) is 2.66. The van der Waals surface area contributed by atoms with E-state index < -0.39 is 18.4 Å². The van der Waals surface area contributed by atoms with Crippen molar-refractivity contribution in [2.75, 3.05) is 27.9 Å². The summed E-state index contributed by atoms with van der Waals surface area (Å²) in [5.41, 5.74) is 1.94. The van der Waals surface area contributed by atoms with Crippen molar-refractivity contribution >= 4 is 11.9 Å². The molecule has 7 nitrogen and oxygen atoms in total. The number of hydrogen-bond acceptors (Lipinski definition) is 5. The number of rotatable bonds is 8. The van der Waals surface area contributed by atoms with Gasteiger partial charge in [0.2, 0.25) is 0 Å². The minimum atomic E-state index is -1.10. The number of carboxylic acid groups (broad SMARTS) is 1. The minimum absolute atomic E-state index is 0.0921. The maximum Gasteiger partial charge on any atom is 0.323 e. The Morgan fingerprint density at radius 1 is 0.963 bits per heavy atom. The first kappa shape index (κ1) is 20.1. The second-order valence-corrected chi connectivity index (χ2v) is 5.96. The predicted octanol–water partition coefficient (Wildman–Crippen LogP) is 2.75. The number of aryl methyl sites for hydroxylation is 1. The molecule has 0 bridgehead atoms. The Kier molecular flexibility index (Phi) is 6.65. The molecule has 0 spiro atoms. The zero-order valence-electron chi connectivity index (χ0n) is 15.8. The molecular weight excluding hydrogens is 350 g/mol. The van der Waals surface area contributed by atoms with Crippen molar-refractivity contribution < 1.29 is 28.9 Å². The zero-order valence-corrected chi connectivity index (χ0v) is 15.8. The summed E-state index contributed by atoms with van der Waals surface area (Å²) in [6, 6.07) is 10.2. The first-order chi connectivity index (χ1) is 12.9. The molecule has 0 saturated heterocycles. The van der Waals surface area contributed by atoms with Crippen molar-refractivity contribution in [3.05, 3.63) is 53.1 Å². The molecule has 0 aliphatic rings. The van der Waals surface area contributed by atoms with Crippen LogP contribution in [0.25, 0.3) is 0 Å². The lowest BCUT2D eigenvalue weighted by atomic mass is 10.1. The third-order valence-electron chi connectivity index (χ3n) is 4.05. The summed E-state index contributed by atoms with van der Waals surface area (Å²) in [5.74, 6) is 0.183. The van der Waals surface area contributed by atoms with Gasteiger partial charge in [-0.15, -0.1) is 0 Å². The topological polar surface area (TPSA) is 85.3 Å². The van der Waals surface area contributed by atoms with E-state index in [1.54, 1.807) is 36.4 Å². The molecule has 0 aromatic heterocycles. The summed E-state index contributed by atoms with van der Waals surface area (Å²) in [5, 5.41) is 9.24. The Morgan fingerprint density at radius 3 is 2.11 bits per heavy atom. The van der Waals surface area contributed by atoms with Gasteiger partial charge >= 0.3 is 5.97 Å². The molecule has 0 heterocycles. The van der Waals surface area contributed by atoms with Crippen LogP contribution in [0.15, 0.2) is 36.4 Å². The van der Waals surface area contributed by atoms with Gasteiger partial charge in [-0.3, -0.25) is 9.59 Å². The monoisotopic (exact) mass is 373 g/mol. The molecule has 144 valence electrons. The van der Waals surface area contributed by atoms with Gasteiger partial charge < -0.3 is 24.2 Å². The maximum absolute atomic E-state index is 12.9. The van der Waals surface area contributed by atoms with E-state index in [2.05, 4.69) is 0 Å². The highest BCUT2D eigenvalue weighted by molar-refractivity contribution is 5.96. The Hall–Kier alpha value is -3.22. The Morgan fingerprint density at radius 2 is 1.59 bits per heavy atom. The fourth-order valence-corrected chi connectivity index (χ4v) is 2.68. The van der Waals surface area contributed by atoms with E-state index in [4.69, 9.17) is 14.2 Å². The van der Waals surface area contributed by atoms with Gasteiger partial charge in [0, 0.05) is 18.2 Å². The molecule has 1 N–H and O–H groups in total. The number of carbonyl (C=O) groups excluding carboxylic acids is 1. The fourth-order valence-electron chi connectivity index (χ4n) is 2.68. The molecule has 7 heteroatoms. The maximum atomic E-state index is 12.9. The van der Waals surface area contributed by atoms with E-state index in [1.807, 2.05) is 6.92 Å². The first-order valence-electron chi connectivity index (χ1n) is 8.25. The molecule has 0 unspecified atom stereocenters. The summed E-state index contributed by atoms with van der Waals surface area (Å²) >= 11 is 0.